The Balaban J connectivity index is 2.38. The zero-order valence-corrected chi connectivity index (χ0v) is 9.84. The van der Waals surface area contributed by atoms with E-state index in [0.717, 1.165) is 4.47 Å². The van der Waals surface area contributed by atoms with E-state index < -0.39 is 0 Å². The van der Waals surface area contributed by atoms with E-state index >= 15 is 0 Å². The molecule has 0 bridgehead atoms. The van der Waals surface area contributed by atoms with Crippen molar-refractivity contribution >= 4 is 21.8 Å². The van der Waals surface area contributed by atoms with Crippen LogP contribution < -0.4 is 5.32 Å². The Morgan fingerprint density at radius 1 is 1.53 bits per heavy atom. The van der Waals surface area contributed by atoms with Gasteiger partial charge in [-0.3, -0.25) is 4.79 Å². The van der Waals surface area contributed by atoms with Gasteiger partial charge in [-0.2, -0.15) is 0 Å². The molecule has 0 fully saturated rings. The van der Waals surface area contributed by atoms with Crippen LogP contribution in [-0.2, 0) is 4.79 Å². The lowest BCUT2D eigenvalue weighted by Crippen LogP contribution is -2.20. The highest BCUT2D eigenvalue weighted by atomic mass is 79.9. The molecule has 1 N–H and O–H groups in total. The lowest BCUT2D eigenvalue weighted by Gasteiger charge is -1.94. The SMILES string of the molecule is CC(=O)NCCC#Cc1ncc(Br)cn1. The summed E-state index contributed by atoms with van der Waals surface area (Å²) in [5.74, 6) is 6.12. The van der Waals surface area contributed by atoms with E-state index in [1.54, 1.807) is 12.4 Å². The maximum atomic E-state index is 10.5. The van der Waals surface area contributed by atoms with E-state index in [1.165, 1.54) is 6.92 Å². The lowest BCUT2D eigenvalue weighted by molar-refractivity contribution is -0.118. The molecule has 0 spiro atoms. The van der Waals surface area contributed by atoms with Crippen molar-refractivity contribution in [3.63, 3.8) is 0 Å². The molecule has 78 valence electrons. The Labute approximate surface area is 96.6 Å². The molecule has 0 saturated carbocycles. The topological polar surface area (TPSA) is 54.9 Å². The van der Waals surface area contributed by atoms with Gasteiger partial charge in [-0.15, -0.1) is 0 Å². The molecule has 1 aromatic rings. The number of aromatic nitrogens is 2. The second-order valence-corrected chi connectivity index (χ2v) is 3.68. The number of rotatable bonds is 2. The van der Waals surface area contributed by atoms with Gasteiger partial charge in [0.2, 0.25) is 11.7 Å². The first-order chi connectivity index (χ1) is 7.18. The number of nitrogens with zero attached hydrogens (tertiary/aromatic N) is 2. The van der Waals surface area contributed by atoms with E-state index in [4.69, 9.17) is 0 Å². The summed E-state index contributed by atoms with van der Waals surface area (Å²) in [5, 5.41) is 2.65. The van der Waals surface area contributed by atoms with Crippen LogP contribution >= 0.6 is 15.9 Å². The number of carbonyl (C=O) groups is 1. The van der Waals surface area contributed by atoms with E-state index in [2.05, 4.69) is 43.1 Å². The van der Waals surface area contributed by atoms with E-state index in [9.17, 15) is 4.79 Å². The summed E-state index contributed by atoms with van der Waals surface area (Å²) < 4.78 is 0.825. The van der Waals surface area contributed by atoms with Crippen LogP contribution in [0.15, 0.2) is 16.9 Å². The van der Waals surface area contributed by atoms with Crippen molar-refractivity contribution in [2.24, 2.45) is 0 Å². The third kappa shape index (κ3) is 5.13. The van der Waals surface area contributed by atoms with Crippen molar-refractivity contribution in [3.05, 3.63) is 22.7 Å². The third-order valence-corrected chi connectivity index (χ3v) is 1.85. The van der Waals surface area contributed by atoms with Crippen LogP contribution in [-0.4, -0.2) is 22.4 Å². The molecule has 4 nitrogen and oxygen atoms in total. The molecule has 0 aliphatic carbocycles. The Kier molecular flexibility index (Phi) is 4.78. The Morgan fingerprint density at radius 2 is 2.20 bits per heavy atom. The van der Waals surface area contributed by atoms with Gasteiger partial charge in [0.1, 0.15) is 0 Å². The zero-order valence-electron chi connectivity index (χ0n) is 8.25. The van der Waals surface area contributed by atoms with Gasteiger partial charge in [-0.25, -0.2) is 9.97 Å². The largest absolute Gasteiger partial charge is 0.355 e. The van der Waals surface area contributed by atoms with Crippen LogP contribution in [0.3, 0.4) is 0 Å². The summed E-state index contributed by atoms with van der Waals surface area (Å²) in [6.07, 6.45) is 3.88. The quantitative estimate of drug-likeness (QED) is 0.646. The monoisotopic (exact) mass is 267 g/mol. The first-order valence-corrected chi connectivity index (χ1v) is 5.18. The van der Waals surface area contributed by atoms with Gasteiger partial charge in [0, 0.05) is 32.3 Å². The second-order valence-electron chi connectivity index (χ2n) is 2.76. The van der Waals surface area contributed by atoms with Gasteiger partial charge in [0.15, 0.2) is 0 Å². The molecule has 0 unspecified atom stereocenters. The summed E-state index contributed by atoms with van der Waals surface area (Å²) in [6.45, 7) is 2.03. The minimum Gasteiger partial charge on any atom is -0.355 e. The molecular formula is C10H10BrN3O. The van der Waals surface area contributed by atoms with Crippen molar-refractivity contribution in [3.8, 4) is 11.8 Å². The van der Waals surface area contributed by atoms with Crippen molar-refractivity contribution in [2.45, 2.75) is 13.3 Å². The van der Waals surface area contributed by atoms with Crippen LogP contribution in [0.1, 0.15) is 19.2 Å². The van der Waals surface area contributed by atoms with Gasteiger partial charge in [-0.1, -0.05) is 5.92 Å². The highest BCUT2D eigenvalue weighted by Gasteiger charge is 1.90. The smallest absolute Gasteiger partial charge is 0.216 e. The van der Waals surface area contributed by atoms with Gasteiger partial charge < -0.3 is 5.32 Å². The maximum absolute atomic E-state index is 10.5. The minimum absolute atomic E-state index is 0.0447. The molecule has 1 amide bonds. The van der Waals surface area contributed by atoms with E-state index in [0.29, 0.717) is 18.8 Å². The van der Waals surface area contributed by atoms with Crippen LogP contribution in [0, 0.1) is 11.8 Å². The fraction of sp³-hybridized carbons (Fsp3) is 0.300. The molecule has 0 saturated heterocycles. The molecule has 1 rings (SSSR count). The number of hydrogen-bond acceptors (Lipinski definition) is 3. The van der Waals surface area contributed by atoms with E-state index in [1.807, 2.05) is 0 Å². The van der Waals surface area contributed by atoms with Crippen LogP contribution in [0.5, 0.6) is 0 Å². The fourth-order valence-electron chi connectivity index (χ4n) is 0.819. The van der Waals surface area contributed by atoms with Gasteiger partial charge in [0.05, 0.1) is 4.47 Å². The average Bonchev–Trinajstić information content (AvgIpc) is 2.20. The molecule has 15 heavy (non-hydrogen) atoms. The third-order valence-electron chi connectivity index (χ3n) is 1.44. The first kappa shape index (κ1) is 11.7. The predicted octanol–water partition coefficient (Wildman–Crippen LogP) is 1.12. The summed E-state index contributed by atoms with van der Waals surface area (Å²) in [6, 6.07) is 0. The molecule has 0 aliphatic rings. The Hall–Kier alpha value is -1.41. The number of hydrogen-bond donors (Lipinski definition) is 1. The highest BCUT2D eigenvalue weighted by molar-refractivity contribution is 9.10. The molecule has 5 heteroatoms. The summed E-state index contributed by atoms with van der Waals surface area (Å²) in [5.41, 5.74) is 0. The first-order valence-electron chi connectivity index (χ1n) is 4.39. The molecular weight excluding hydrogens is 258 g/mol. The average molecular weight is 268 g/mol. The number of halogens is 1. The minimum atomic E-state index is -0.0447. The Bertz CT molecular complexity index is 391. The molecule has 0 radical (unpaired) electrons. The maximum Gasteiger partial charge on any atom is 0.216 e. The summed E-state index contributed by atoms with van der Waals surface area (Å²) in [7, 11) is 0. The van der Waals surface area contributed by atoms with Crippen LogP contribution in [0.4, 0.5) is 0 Å². The van der Waals surface area contributed by atoms with Crippen molar-refractivity contribution in [1.29, 1.82) is 0 Å². The number of amides is 1. The van der Waals surface area contributed by atoms with Gasteiger partial charge >= 0.3 is 0 Å². The van der Waals surface area contributed by atoms with Crippen LogP contribution in [0.25, 0.3) is 0 Å². The van der Waals surface area contributed by atoms with Crippen molar-refractivity contribution in [2.75, 3.05) is 6.54 Å². The lowest BCUT2D eigenvalue weighted by atomic mass is 10.4. The normalized spacial score (nSPS) is 8.93. The number of nitrogens with one attached hydrogen (secondary N) is 1. The standard InChI is InChI=1S/C10H10BrN3O/c1-8(15)12-5-3-2-4-10-13-6-9(11)7-14-10/h6-7H,3,5H2,1H3,(H,12,15). The molecule has 0 aliphatic heterocycles. The van der Waals surface area contributed by atoms with E-state index in [-0.39, 0.29) is 5.91 Å². The number of carbonyl (C=O) groups excluding carboxylic acids is 1. The Morgan fingerprint density at radius 3 is 2.80 bits per heavy atom. The van der Waals surface area contributed by atoms with Crippen molar-refractivity contribution in [1.82, 2.24) is 15.3 Å². The highest BCUT2D eigenvalue weighted by Crippen LogP contribution is 2.03. The zero-order chi connectivity index (χ0) is 11.1. The molecule has 1 aromatic heterocycles. The molecule has 0 atom stereocenters. The predicted molar refractivity (Wildman–Crippen MR) is 59.9 cm³/mol. The summed E-state index contributed by atoms with van der Waals surface area (Å²) in [4.78, 5) is 18.5. The summed E-state index contributed by atoms with van der Waals surface area (Å²) >= 11 is 3.23. The van der Waals surface area contributed by atoms with Gasteiger partial charge in [-0.05, 0) is 21.9 Å². The van der Waals surface area contributed by atoms with Crippen molar-refractivity contribution < 1.29 is 4.79 Å². The molecule has 1 heterocycles. The fourth-order valence-corrected chi connectivity index (χ4v) is 1.02. The second kappa shape index (κ2) is 6.14. The molecule has 0 aromatic carbocycles. The van der Waals surface area contributed by atoms with Gasteiger partial charge in [0.25, 0.3) is 0 Å². The van der Waals surface area contributed by atoms with Crippen LogP contribution in [0.2, 0.25) is 0 Å².